The first kappa shape index (κ1) is 19.6. The Hall–Kier alpha value is -2.18. The van der Waals surface area contributed by atoms with E-state index in [4.69, 9.17) is 9.84 Å². The Balaban J connectivity index is 1.79. The molecule has 1 aromatic heterocycles. The first-order chi connectivity index (χ1) is 13.1. The maximum Gasteiger partial charge on any atom is 0.271 e. The van der Waals surface area contributed by atoms with Crippen molar-refractivity contribution < 1.29 is 9.53 Å². The van der Waals surface area contributed by atoms with Gasteiger partial charge in [-0.1, -0.05) is 30.3 Å². The average molecular weight is 370 g/mol. The summed E-state index contributed by atoms with van der Waals surface area (Å²) in [7, 11) is 5.53. The van der Waals surface area contributed by atoms with Crippen LogP contribution in [0.15, 0.2) is 30.3 Å². The Bertz CT molecular complexity index is 757. The molecule has 6 heteroatoms. The van der Waals surface area contributed by atoms with Crippen molar-refractivity contribution in [3.8, 4) is 0 Å². The van der Waals surface area contributed by atoms with Crippen LogP contribution in [0.2, 0.25) is 0 Å². The summed E-state index contributed by atoms with van der Waals surface area (Å²) in [6, 6.07) is 10.8. The van der Waals surface area contributed by atoms with E-state index in [1.54, 1.807) is 14.2 Å². The summed E-state index contributed by atoms with van der Waals surface area (Å²) in [5.74, 6) is -0.0927. The number of ether oxygens (including phenoxy) is 1. The minimum Gasteiger partial charge on any atom is -0.383 e. The number of rotatable bonds is 8. The number of hydrogen-bond acceptors (Lipinski definition) is 4. The number of hydrogen-bond donors (Lipinski definition) is 1. The first-order valence-electron chi connectivity index (χ1n) is 9.67. The number of amides is 1. The smallest absolute Gasteiger partial charge is 0.271 e. The van der Waals surface area contributed by atoms with E-state index in [0.717, 1.165) is 50.9 Å². The van der Waals surface area contributed by atoms with Crippen LogP contribution in [-0.2, 0) is 30.5 Å². The zero-order valence-corrected chi connectivity index (χ0v) is 16.6. The second-order valence-electron chi connectivity index (χ2n) is 7.18. The van der Waals surface area contributed by atoms with Gasteiger partial charge in [0.2, 0.25) is 0 Å². The molecule has 1 aliphatic rings. The summed E-state index contributed by atoms with van der Waals surface area (Å²) >= 11 is 0. The number of methoxy groups -OCH3 is 1. The molecule has 1 N–H and O–H groups in total. The molecule has 0 bridgehead atoms. The van der Waals surface area contributed by atoms with Crippen molar-refractivity contribution in [2.24, 2.45) is 0 Å². The molecule has 1 amide bonds. The van der Waals surface area contributed by atoms with Crippen molar-refractivity contribution in [2.45, 2.75) is 38.3 Å². The molecule has 1 unspecified atom stereocenters. The molecule has 0 fully saturated rings. The lowest BCUT2D eigenvalue weighted by Gasteiger charge is -2.31. The first-order valence-corrected chi connectivity index (χ1v) is 9.67. The Kier molecular flexibility index (Phi) is 6.63. The average Bonchev–Trinajstić information content (AvgIpc) is 3.08. The number of nitrogens with zero attached hydrogens (tertiary/aromatic N) is 3. The van der Waals surface area contributed by atoms with Crippen LogP contribution in [0.5, 0.6) is 0 Å². The summed E-state index contributed by atoms with van der Waals surface area (Å²) in [6.45, 7) is 2.42. The van der Waals surface area contributed by atoms with Gasteiger partial charge < -0.3 is 15.0 Å². The summed E-state index contributed by atoms with van der Waals surface area (Å²) in [5, 5.41) is 7.44. The van der Waals surface area contributed by atoms with E-state index in [2.05, 4.69) is 46.2 Å². The molecule has 1 aliphatic carbocycles. The van der Waals surface area contributed by atoms with Crippen molar-refractivity contribution in [1.82, 2.24) is 20.0 Å². The van der Waals surface area contributed by atoms with Crippen molar-refractivity contribution in [3.05, 3.63) is 52.8 Å². The largest absolute Gasteiger partial charge is 0.383 e. The van der Waals surface area contributed by atoms with Gasteiger partial charge in [0.25, 0.3) is 5.91 Å². The van der Waals surface area contributed by atoms with Crippen LogP contribution in [0.1, 0.15) is 33.7 Å². The summed E-state index contributed by atoms with van der Waals surface area (Å²) in [5.41, 5.74) is 4.21. The molecule has 2 aromatic rings. The van der Waals surface area contributed by atoms with Gasteiger partial charge in [-0.3, -0.25) is 9.48 Å². The molecular weight excluding hydrogens is 340 g/mol. The molecule has 1 atom stereocenters. The molecule has 0 saturated heterocycles. The van der Waals surface area contributed by atoms with Gasteiger partial charge in [0, 0.05) is 44.5 Å². The Morgan fingerprint density at radius 1 is 1.37 bits per heavy atom. The SMILES string of the molecule is CNC(=O)c1nn(CCc2ccccc2)c2c1CC(N(C)CCOC)CC2. The number of aryl methyl sites for hydroxylation is 2. The fourth-order valence-corrected chi connectivity index (χ4v) is 3.83. The fourth-order valence-electron chi connectivity index (χ4n) is 3.83. The van der Waals surface area contributed by atoms with E-state index in [9.17, 15) is 4.79 Å². The van der Waals surface area contributed by atoms with Gasteiger partial charge in [-0.15, -0.1) is 0 Å². The van der Waals surface area contributed by atoms with Gasteiger partial charge in [0.1, 0.15) is 0 Å². The van der Waals surface area contributed by atoms with Gasteiger partial charge in [-0.05, 0) is 38.3 Å². The monoisotopic (exact) mass is 370 g/mol. The Morgan fingerprint density at radius 2 is 2.15 bits per heavy atom. The molecular formula is C21H30N4O2. The zero-order chi connectivity index (χ0) is 19.2. The highest BCUT2D eigenvalue weighted by molar-refractivity contribution is 5.93. The molecule has 1 heterocycles. The molecule has 0 radical (unpaired) electrons. The van der Waals surface area contributed by atoms with E-state index in [1.807, 2.05) is 6.07 Å². The second kappa shape index (κ2) is 9.15. The van der Waals surface area contributed by atoms with Crippen LogP contribution in [0.3, 0.4) is 0 Å². The highest BCUT2D eigenvalue weighted by atomic mass is 16.5. The van der Waals surface area contributed by atoms with E-state index in [1.165, 1.54) is 11.3 Å². The molecule has 0 spiro atoms. The number of nitrogens with one attached hydrogen (secondary N) is 1. The highest BCUT2D eigenvalue weighted by Crippen LogP contribution is 2.27. The van der Waals surface area contributed by atoms with Crippen molar-refractivity contribution >= 4 is 5.91 Å². The van der Waals surface area contributed by atoms with Gasteiger partial charge in [0.15, 0.2) is 5.69 Å². The maximum absolute atomic E-state index is 12.4. The van der Waals surface area contributed by atoms with E-state index in [0.29, 0.717) is 11.7 Å². The molecule has 1 aromatic carbocycles. The van der Waals surface area contributed by atoms with Crippen LogP contribution in [0.25, 0.3) is 0 Å². The van der Waals surface area contributed by atoms with Gasteiger partial charge >= 0.3 is 0 Å². The number of carbonyl (C=O) groups is 1. The van der Waals surface area contributed by atoms with E-state index >= 15 is 0 Å². The van der Waals surface area contributed by atoms with Gasteiger partial charge in [0.05, 0.1) is 6.61 Å². The molecule has 6 nitrogen and oxygen atoms in total. The molecule has 27 heavy (non-hydrogen) atoms. The minimum atomic E-state index is -0.0927. The lowest BCUT2D eigenvalue weighted by Crippen LogP contribution is -2.39. The summed E-state index contributed by atoms with van der Waals surface area (Å²) < 4.78 is 7.26. The standard InChI is InChI=1S/C21H30N4O2/c1-22-21(26)20-18-15-17(24(2)13-14-27-3)9-10-19(18)25(23-20)12-11-16-7-5-4-6-8-16/h4-8,17H,9-15H2,1-3H3,(H,22,26). The third kappa shape index (κ3) is 4.57. The predicted octanol–water partition coefficient (Wildman–Crippen LogP) is 1.92. The highest BCUT2D eigenvalue weighted by Gasteiger charge is 2.30. The lowest BCUT2D eigenvalue weighted by atomic mass is 9.90. The van der Waals surface area contributed by atoms with Gasteiger partial charge in [-0.2, -0.15) is 5.10 Å². The zero-order valence-electron chi connectivity index (χ0n) is 16.6. The van der Waals surface area contributed by atoms with Crippen LogP contribution >= 0.6 is 0 Å². The van der Waals surface area contributed by atoms with Crippen molar-refractivity contribution in [2.75, 3.05) is 34.4 Å². The Morgan fingerprint density at radius 3 is 2.85 bits per heavy atom. The molecule has 3 rings (SSSR count). The molecule has 146 valence electrons. The topological polar surface area (TPSA) is 59.4 Å². The second-order valence-corrected chi connectivity index (χ2v) is 7.18. The number of aromatic nitrogens is 2. The van der Waals surface area contributed by atoms with Gasteiger partial charge in [-0.25, -0.2) is 0 Å². The summed E-state index contributed by atoms with van der Waals surface area (Å²) in [6.07, 6.45) is 3.82. The quantitative estimate of drug-likeness (QED) is 0.771. The van der Waals surface area contributed by atoms with Crippen LogP contribution < -0.4 is 5.32 Å². The predicted molar refractivity (Wildman–Crippen MR) is 106 cm³/mol. The third-order valence-electron chi connectivity index (χ3n) is 5.49. The maximum atomic E-state index is 12.4. The normalized spacial score (nSPS) is 16.4. The lowest BCUT2D eigenvalue weighted by molar-refractivity contribution is 0.0955. The summed E-state index contributed by atoms with van der Waals surface area (Å²) in [4.78, 5) is 14.7. The number of likely N-dealkylation sites (N-methyl/N-ethyl adjacent to an activating group) is 1. The Labute approximate surface area is 161 Å². The van der Waals surface area contributed by atoms with Crippen LogP contribution in [0, 0.1) is 0 Å². The molecule has 0 aliphatic heterocycles. The van der Waals surface area contributed by atoms with E-state index < -0.39 is 0 Å². The van der Waals surface area contributed by atoms with Crippen molar-refractivity contribution in [1.29, 1.82) is 0 Å². The van der Waals surface area contributed by atoms with Crippen LogP contribution in [-0.4, -0.2) is 61.0 Å². The fraction of sp³-hybridized carbons (Fsp3) is 0.524. The third-order valence-corrected chi connectivity index (χ3v) is 5.49. The van der Waals surface area contributed by atoms with E-state index in [-0.39, 0.29) is 5.91 Å². The number of carbonyl (C=O) groups excluding carboxylic acids is 1. The minimum absolute atomic E-state index is 0.0927. The molecule has 0 saturated carbocycles. The number of benzene rings is 1. The van der Waals surface area contributed by atoms with Crippen LogP contribution in [0.4, 0.5) is 0 Å². The number of fused-ring (bicyclic) bond motifs is 1. The van der Waals surface area contributed by atoms with Crippen molar-refractivity contribution in [3.63, 3.8) is 0 Å².